The molecule has 2 amide bonds. The van der Waals surface area contributed by atoms with Crippen molar-refractivity contribution >= 4 is 17.6 Å². The molecule has 3 aromatic rings. The maximum Gasteiger partial charge on any atom is 0.264 e. The van der Waals surface area contributed by atoms with Crippen molar-refractivity contribution in [2.24, 2.45) is 17.6 Å². The Kier molecular flexibility index (Phi) is 6.99. The van der Waals surface area contributed by atoms with Gasteiger partial charge in [0.2, 0.25) is 0 Å². The lowest BCUT2D eigenvalue weighted by molar-refractivity contribution is -0.128. The number of rotatable bonds is 7. The average Bonchev–Trinajstić information content (AvgIpc) is 3.72. The molecular formula is C31H32N6O3. The smallest absolute Gasteiger partial charge is 0.264 e. The maximum atomic E-state index is 12.9. The molecule has 9 nitrogen and oxygen atoms in total. The summed E-state index contributed by atoms with van der Waals surface area (Å²) in [5, 5.41) is 17.8. The number of carbonyl (C=O) groups is 2. The summed E-state index contributed by atoms with van der Waals surface area (Å²) in [5.41, 5.74) is 7.86. The fourth-order valence-electron chi connectivity index (χ4n) is 5.79. The number of fused-ring (bicyclic) bond motifs is 1. The molecule has 1 aliphatic carbocycles. The van der Waals surface area contributed by atoms with E-state index in [1.54, 1.807) is 4.90 Å². The molecule has 40 heavy (non-hydrogen) atoms. The molecule has 9 heteroatoms. The Balaban J connectivity index is 1.20. The van der Waals surface area contributed by atoms with Crippen LogP contribution < -0.4 is 15.8 Å². The van der Waals surface area contributed by atoms with Crippen molar-refractivity contribution in [1.29, 1.82) is 5.26 Å². The van der Waals surface area contributed by atoms with Gasteiger partial charge in [-0.05, 0) is 80.3 Å². The minimum absolute atomic E-state index is 0.0819. The van der Waals surface area contributed by atoms with Crippen molar-refractivity contribution < 1.29 is 14.3 Å². The zero-order valence-corrected chi connectivity index (χ0v) is 22.3. The number of para-hydroxylation sites is 1. The van der Waals surface area contributed by atoms with E-state index >= 15 is 0 Å². The first-order valence-corrected chi connectivity index (χ1v) is 13.9. The number of hydrogen-bond acceptors (Lipinski definition) is 6. The van der Waals surface area contributed by atoms with Gasteiger partial charge in [0.15, 0.2) is 0 Å². The molecule has 1 saturated heterocycles. The number of primary amides is 1. The van der Waals surface area contributed by atoms with Gasteiger partial charge in [0.05, 0.1) is 6.04 Å². The molecule has 204 valence electrons. The molecule has 2 aromatic carbocycles. The van der Waals surface area contributed by atoms with Gasteiger partial charge < -0.3 is 20.7 Å². The SMILES string of the molecule is N#CC(=CC1CC1)C(=O)N1CCC([C@@H]2CCNc3c(C(N)=O)c(-c4ccc(Oc5ccccc5)cc4)nn32)CC1. The van der Waals surface area contributed by atoms with Crippen molar-refractivity contribution in [3.05, 3.63) is 71.8 Å². The van der Waals surface area contributed by atoms with E-state index in [1.165, 1.54) is 0 Å². The summed E-state index contributed by atoms with van der Waals surface area (Å²) >= 11 is 0. The summed E-state index contributed by atoms with van der Waals surface area (Å²) in [6.45, 7) is 1.92. The van der Waals surface area contributed by atoms with E-state index in [0.29, 0.717) is 48.4 Å². The quantitative estimate of drug-likeness (QED) is 0.327. The van der Waals surface area contributed by atoms with E-state index in [9.17, 15) is 14.9 Å². The van der Waals surface area contributed by atoms with E-state index < -0.39 is 5.91 Å². The Morgan fingerprint density at radius 2 is 1.70 bits per heavy atom. The van der Waals surface area contributed by atoms with Crippen molar-refractivity contribution in [3.8, 4) is 28.8 Å². The number of nitrogens with zero attached hydrogens (tertiary/aromatic N) is 4. The van der Waals surface area contributed by atoms with Gasteiger partial charge >= 0.3 is 0 Å². The number of aromatic nitrogens is 2. The number of nitrogens with two attached hydrogens (primary N) is 1. The number of anilines is 1. The molecule has 3 aliphatic rings. The van der Waals surface area contributed by atoms with Crippen LogP contribution in [-0.2, 0) is 4.79 Å². The minimum Gasteiger partial charge on any atom is -0.457 e. The monoisotopic (exact) mass is 536 g/mol. The lowest BCUT2D eigenvalue weighted by atomic mass is 9.86. The second-order valence-corrected chi connectivity index (χ2v) is 10.8. The predicted molar refractivity (Wildman–Crippen MR) is 151 cm³/mol. The molecular weight excluding hydrogens is 504 g/mol. The fraction of sp³-hybridized carbons (Fsp3) is 0.355. The fourth-order valence-corrected chi connectivity index (χ4v) is 5.79. The first kappa shape index (κ1) is 25.7. The molecule has 1 saturated carbocycles. The second-order valence-electron chi connectivity index (χ2n) is 10.8. The van der Waals surface area contributed by atoms with E-state index in [4.69, 9.17) is 15.6 Å². The predicted octanol–water partition coefficient (Wildman–Crippen LogP) is 4.90. The third-order valence-corrected chi connectivity index (χ3v) is 8.06. The van der Waals surface area contributed by atoms with E-state index in [2.05, 4.69) is 11.4 Å². The third-order valence-electron chi connectivity index (χ3n) is 8.06. The van der Waals surface area contributed by atoms with Crippen LogP contribution in [0.2, 0.25) is 0 Å². The lowest BCUT2D eigenvalue weighted by Gasteiger charge is -2.38. The first-order valence-electron chi connectivity index (χ1n) is 13.9. The van der Waals surface area contributed by atoms with Crippen LogP contribution in [0.1, 0.15) is 48.5 Å². The summed E-state index contributed by atoms with van der Waals surface area (Å²) in [4.78, 5) is 27.4. The Hall–Kier alpha value is -4.58. The number of nitriles is 1. The van der Waals surface area contributed by atoms with Gasteiger partial charge in [0.1, 0.15) is 40.2 Å². The normalized spacial score (nSPS) is 19.3. The molecule has 2 aliphatic heterocycles. The Morgan fingerprint density at radius 1 is 1.00 bits per heavy atom. The summed E-state index contributed by atoms with van der Waals surface area (Å²) in [5.74, 6) is 2.07. The van der Waals surface area contributed by atoms with Crippen molar-refractivity contribution in [2.45, 2.75) is 38.1 Å². The highest BCUT2D eigenvalue weighted by Gasteiger charge is 2.36. The van der Waals surface area contributed by atoms with Crippen LogP contribution in [0.15, 0.2) is 66.2 Å². The third kappa shape index (κ3) is 5.17. The number of nitrogens with one attached hydrogen (secondary N) is 1. The molecule has 0 bridgehead atoms. The topological polar surface area (TPSA) is 126 Å². The van der Waals surface area contributed by atoms with Crippen molar-refractivity contribution in [2.75, 3.05) is 25.0 Å². The number of hydrogen-bond donors (Lipinski definition) is 2. The van der Waals surface area contributed by atoms with Gasteiger partial charge in [0, 0.05) is 25.2 Å². The summed E-state index contributed by atoms with van der Waals surface area (Å²) in [6, 6.07) is 19.2. The van der Waals surface area contributed by atoms with Gasteiger partial charge in [-0.3, -0.25) is 9.59 Å². The van der Waals surface area contributed by atoms with Crippen LogP contribution in [0.5, 0.6) is 11.5 Å². The molecule has 3 heterocycles. The van der Waals surface area contributed by atoms with Gasteiger partial charge in [-0.25, -0.2) is 4.68 Å². The Bertz CT molecular complexity index is 1480. The van der Waals surface area contributed by atoms with Crippen molar-refractivity contribution in [1.82, 2.24) is 14.7 Å². The Morgan fingerprint density at radius 3 is 2.35 bits per heavy atom. The van der Waals surface area contributed by atoms with Crippen LogP contribution in [-0.4, -0.2) is 46.1 Å². The molecule has 0 unspecified atom stereocenters. The molecule has 0 radical (unpaired) electrons. The number of benzene rings is 2. The van der Waals surface area contributed by atoms with Gasteiger partial charge in [-0.1, -0.05) is 24.3 Å². The summed E-state index contributed by atoms with van der Waals surface area (Å²) in [6.07, 6.45) is 6.44. The molecule has 1 aromatic heterocycles. The molecule has 2 fully saturated rings. The number of carbonyl (C=O) groups excluding carboxylic acids is 2. The number of ether oxygens (including phenoxy) is 1. The number of amides is 2. The Labute approximate surface area is 233 Å². The minimum atomic E-state index is -0.527. The molecule has 6 rings (SSSR count). The van der Waals surface area contributed by atoms with Crippen LogP contribution >= 0.6 is 0 Å². The van der Waals surface area contributed by atoms with Gasteiger partial charge in [0.25, 0.3) is 11.8 Å². The highest BCUT2D eigenvalue weighted by Crippen LogP contribution is 2.40. The van der Waals surface area contributed by atoms with E-state index in [1.807, 2.05) is 65.4 Å². The van der Waals surface area contributed by atoms with E-state index in [0.717, 1.165) is 43.4 Å². The first-order chi connectivity index (χ1) is 19.5. The van der Waals surface area contributed by atoms with Gasteiger partial charge in [-0.2, -0.15) is 10.4 Å². The van der Waals surface area contributed by atoms with Gasteiger partial charge in [-0.15, -0.1) is 0 Å². The number of piperidine rings is 1. The largest absolute Gasteiger partial charge is 0.457 e. The zero-order valence-electron chi connectivity index (χ0n) is 22.3. The highest BCUT2D eigenvalue weighted by molar-refractivity contribution is 6.04. The molecule has 0 spiro atoms. The lowest BCUT2D eigenvalue weighted by Crippen LogP contribution is -2.42. The average molecular weight is 537 g/mol. The highest BCUT2D eigenvalue weighted by atomic mass is 16.5. The second kappa shape index (κ2) is 10.9. The summed E-state index contributed by atoms with van der Waals surface area (Å²) in [7, 11) is 0. The molecule has 3 N–H and O–H groups in total. The van der Waals surface area contributed by atoms with Crippen LogP contribution in [0.4, 0.5) is 5.82 Å². The van der Waals surface area contributed by atoms with Crippen LogP contribution in [0.3, 0.4) is 0 Å². The number of allylic oxidation sites excluding steroid dienone is 1. The zero-order chi connectivity index (χ0) is 27.6. The van der Waals surface area contributed by atoms with E-state index in [-0.39, 0.29) is 23.4 Å². The maximum absolute atomic E-state index is 12.9. The summed E-state index contributed by atoms with van der Waals surface area (Å²) < 4.78 is 7.85. The van der Waals surface area contributed by atoms with Crippen molar-refractivity contribution in [3.63, 3.8) is 0 Å². The standard InChI is InChI=1S/C31H32N6O3/c32-19-23(18-20-6-7-20)31(39)36-16-13-21(14-17-36)26-12-15-34-30-27(29(33)38)28(35-37(26)30)22-8-10-25(11-9-22)40-24-4-2-1-3-5-24/h1-5,8-11,18,20-21,26,34H,6-7,12-17H2,(H2,33,38)/t26-/m0/s1. The molecule has 1 atom stereocenters. The van der Waals surface area contributed by atoms with Crippen LogP contribution in [0, 0.1) is 23.2 Å². The van der Waals surface area contributed by atoms with Crippen LogP contribution in [0.25, 0.3) is 11.3 Å². The number of likely N-dealkylation sites (tertiary alicyclic amines) is 1.